The molecule has 3 rings (SSSR count). The van der Waals surface area contributed by atoms with E-state index in [0.29, 0.717) is 17.9 Å². The largest absolute Gasteiger partial charge is 0.481 e. The fraction of sp³-hybridized carbons (Fsp3) is 0.300. The molecule has 0 atom stereocenters. The van der Waals surface area contributed by atoms with Gasteiger partial charge in [0, 0.05) is 12.1 Å². The number of para-hydroxylation sites is 1. The highest BCUT2D eigenvalue weighted by Crippen LogP contribution is 2.33. The summed E-state index contributed by atoms with van der Waals surface area (Å²) in [6.07, 6.45) is 0.862. The van der Waals surface area contributed by atoms with E-state index >= 15 is 0 Å². The van der Waals surface area contributed by atoms with E-state index in [4.69, 9.17) is 9.84 Å². The number of hydrogen-bond acceptors (Lipinski definition) is 3. The predicted molar refractivity (Wildman–Crippen MR) is 95.6 cm³/mol. The third kappa shape index (κ3) is 3.22. The number of anilines is 1. The molecule has 0 saturated carbocycles. The summed E-state index contributed by atoms with van der Waals surface area (Å²) in [4.78, 5) is 25.6. The lowest BCUT2D eigenvalue weighted by Crippen LogP contribution is -2.29. The van der Waals surface area contributed by atoms with E-state index in [1.165, 1.54) is 5.56 Å². The van der Waals surface area contributed by atoms with Crippen molar-refractivity contribution in [2.24, 2.45) is 0 Å². The minimum atomic E-state index is -1.02. The van der Waals surface area contributed by atoms with Crippen LogP contribution in [0.25, 0.3) is 0 Å². The molecule has 1 N–H and O–H groups in total. The molecule has 0 aromatic heterocycles. The van der Waals surface area contributed by atoms with Gasteiger partial charge in [-0.25, -0.2) is 4.79 Å². The summed E-state index contributed by atoms with van der Waals surface area (Å²) in [5.41, 5.74) is 5.41. The first-order chi connectivity index (χ1) is 11.9. The Bertz CT molecular complexity index is 834. The van der Waals surface area contributed by atoms with Gasteiger partial charge >= 0.3 is 5.97 Å². The van der Waals surface area contributed by atoms with Crippen LogP contribution in [0.1, 0.15) is 32.6 Å². The van der Waals surface area contributed by atoms with Gasteiger partial charge in [-0.05, 0) is 61.6 Å². The number of benzene rings is 2. The van der Waals surface area contributed by atoms with Crippen molar-refractivity contribution in [3.8, 4) is 5.75 Å². The summed E-state index contributed by atoms with van der Waals surface area (Å²) in [5, 5.41) is 8.78. The molecule has 130 valence electrons. The topological polar surface area (TPSA) is 66.8 Å². The number of nitrogens with zero attached hydrogens (tertiary/aromatic N) is 1. The van der Waals surface area contributed by atoms with Gasteiger partial charge in [0.05, 0.1) is 5.69 Å². The van der Waals surface area contributed by atoms with Crippen LogP contribution < -0.4 is 9.64 Å². The number of fused-ring (bicyclic) bond motifs is 1. The lowest BCUT2D eigenvalue weighted by Gasteiger charge is -2.20. The van der Waals surface area contributed by atoms with Crippen molar-refractivity contribution in [3.63, 3.8) is 0 Å². The third-order valence-electron chi connectivity index (χ3n) is 4.49. The zero-order chi connectivity index (χ0) is 18.1. The standard InChI is InChI=1S/C20H21NO4/c1-12-5-4-6-15-7-8-21(18(12)15)20(24)16-9-13(2)19(14(3)10-16)25-11-17(22)23/h4-6,9-10H,7-8,11H2,1-3H3,(H,22,23). The van der Waals surface area contributed by atoms with Gasteiger partial charge < -0.3 is 14.7 Å². The van der Waals surface area contributed by atoms with Crippen LogP contribution in [0.2, 0.25) is 0 Å². The van der Waals surface area contributed by atoms with Crippen LogP contribution in [0, 0.1) is 20.8 Å². The number of carboxylic acids is 1. The predicted octanol–water partition coefficient (Wildman–Crippen LogP) is 3.28. The number of carbonyl (C=O) groups excluding carboxylic acids is 1. The number of carboxylic acid groups (broad SMARTS) is 1. The molecular weight excluding hydrogens is 318 g/mol. The van der Waals surface area contributed by atoms with Gasteiger partial charge in [0.15, 0.2) is 6.61 Å². The maximum Gasteiger partial charge on any atom is 0.341 e. The Morgan fingerprint density at radius 1 is 1.12 bits per heavy atom. The molecule has 0 radical (unpaired) electrons. The molecule has 5 nitrogen and oxygen atoms in total. The van der Waals surface area contributed by atoms with Crippen molar-refractivity contribution in [2.75, 3.05) is 18.1 Å². The Labute approximate surface area is 146 Å². The summed E-state index contributed by atoms with van der Waals surface area (Å²) in [6.45, 7) is 5.94. The zero-order valence-corrected chi connectivity index (χ0v) is 14.6. The zero-order valence-electron chi connectivity index (χ0n) is 14.6. The van der Waals surface area contributed by atoms with Gasteiger partial charge in [0.1, 0.15) is 5.75 Å². The third-order valence-corrected chi connectivity index (χ3v) is 4.49. The number of aliphatic carboxylic acids is 1. The number of hydrogen-bond donors (Lipinski definition) is 1. The molecule has 1 heterocycles. The van der Waals surface area contributed by atoms with Crippen molar-refractivity contribution in [1.29, 1.82) is 0 Å². The maximum atomic E-state index is 13.0. The van der Waals surface area contributed by atoms with Crippen molar-refractivity contribution in [3.05, 3.63) is 58.1 Å². The van der Waals surface area contributed by atoms with E-state index in [0.717, 1.165) is 28.8 Å². The van der Waals surface area contributed by atoms with E-state index in [1.807, 2.05) is 37.8 Å². The molecule has 0 saturated heterocycles. The van der Waals surface area contributed by atoms with Crippen molar-refractivity contribution in [2.45, 2.75) is 27.2 Å². The quantitative estimate of drug-likeness (QED) is 0.928. The highest BCUT2D eigenvalue weighted by atomic mass is 16.5. The fourth-order valence-electron chi connectivity index (χ4n) is 3.45. The molecule has 1 aliphatic rings. The summed E-state index contributed by atoms with van der Waals surface area (Å²) in [5.74, 6) is -0.538. The van der Waals surface area contributed by atoms with Gasteiger partial charge in [-0.3, -0.25) is 4.79 Å². The van der Waals surface area contributed by atoms with Crippen LogP contribution in [0.5, 0.6) is 5.75 Å². The minimum Gasteiger partial charge on any atom is -0.481 e. The lowest BCUT2D eigenvalue weighted by atomic mass is 10.0. The van der Waals surface area contributed by atoms with Crippen LogP contribution in [0.15, 0.2) is 30.3 Å². The Kier molecular flexibility index (Phi) is 4.49. The van der Waals surface area contributed by atoms with Crippen molar-refractivity contribution in [1.82, 2.24) is 0 Å². The van der Waals surface area contributed by atoms with Gasteiger partial charge in [0.25, 0.3) is 5.91 Å². The molecule has 0 bridgehead atoms. The molecule has 1 aliphatic heterocycles. The number of aryl methyl sites for hydroxylation is 3. The second-order valence-corrected chi connectivity index (χ2v) is 6.41. The summed E-state index contributed by atoms with van der Waals surface area (Å²) < 4.78 is 5.34. The fourth-order valence-corrected chi connectivity index (χ4v) is 3.45. The van der Waals surface area contributed by atoms with Gasteiger partial charge in [-0.2, -0.15) is 0 Å². The van der Waals surface area contributed by atoms with Gasteiger partial charge in [-0.15, -0.1) is 0 Å². The Morgan fingerprint density at radius 2 is 1.80 bits per heavy atom. The second-order valence-electron chi connectivity index (χ2n) is 6.41. The maximum absolute atomic E-state index is 13.0. The Morgan fingerprint density at radius 3 is 2.44 bits per heavy atom. The van der Waals surface area contributed by atoms with Gasteiger partial charge in [0.2, 0.25) is 0 Å². The molecule has 5 heteroatoms. The van der Waals surface area contributed by atoms with Crippen LogP contribution in [-0.2, 0) is 11.2 Å². The van der Waals surface area contributed by atoms with Crippen LogP contribution >= 0.6 is 0 Å². The Balaban J connectivity index is 1.91. The smallest absolute Gasteiger partial charge is 0.341 e. The highest BCUT2D eigenvalue weighted by molar-refractivity contribution is 6.08. The molecule has 25 heavy (non-hydrogen) atoms. The van der Waals surface area contributed by atoms with E-state index < -0.39 is 12.6 Å². The molecule has 0 aliphatic carbocycles. The molecule has 2 aromatic carbocycles. The minimum absolute atomic E-state index is 0.0379. The number of rotatable bonds is 4. The van der Waals surface area contributed by atoms with E-state index in [2.05, 4.69) is 6.07 Å². The average molecular weight is 339 g/mol. The molecular formula is C20H21NO4. The first-order valence-electron chi connectivity index (χ1n) is 8.24. The van der Waals surface area contributed by atoms with E-state index in [-0.39, 0.29) is 5.91 Å². The first kappa shape index (κ1) is 17.0. The number of ether oxygens (including phenoxy) is 1. The normalized spacial score (nSPS) is 12.8. The molecule has 2 aromatic rings. The van der Waals surface area contributed by atoms with Crippen LogP contribution in [0.4, 0.5) is 5.69 Å². The highest BCUT2D eigenvalue weighted by Gasteiger charge is 2.27. The monoisotopic (exact) mass is 339 g/mol. The van der Waals surface area contributed by atoms with E-state index in [9.17, 15) is 9.59 Å². The van der Waals surface area contributed by atoms with Crippen molar-refractivity contribution >= 4 is 17.6 Å². The molecule has 1 amide bonds. The second kappa shape index (κ2) is 6.59. The Hall–Kier alpha value is -2.82. The van der Waals surface area contributed by atoms with Gasteiger partial charge in [-0.1, -0.05) is 18.2 Å². The molecule has 0 unspecified atom stereocenters. The summed E-state index contributed by atoms with van der Waals surface area (Å²) >= 11 is 0. The van der Waals surface area contributed by atoms with Crippen molar-refractivity contribution < 1.29 is 19.4 Å². The number of carbonyl (C=O) groups is 2. The van der Waals surface area contributed by atoms with E-state index in [1.54, 1.807) is 12.1 Å². The summed E-state index contributed by atoms with van der Waals surface area (Å²) in [7, 11) is 0. The summed E-state index contributed by atoms with van der Waals surface area (Å²) in [6, 6.07) is 9.63. The first-order valence-corrected chi connectivity index (χ1v) is 8.24. The average Bonchev–Trinajstić information content (AvgIpc) is 2.98. The number of amides is 1. The SMILES string of the molecule is Cc1cc(C(=O)N2CCc3cccc(C)c32)cc(C)c1OCC(=O)O. The van der Waals surface area contributed by atoms with Crippen LogP contribution in [0.3, 0.4) is 0 Å². The molecule has 0 spiro atoms. The molecule has 0 fully saturated rings. The van der Waals surface area contributed by atoms with Crippen LogP contribution in [-0.4, -0.2) is 30.1 Å². The lowest BCUT2D eigenvalue weighted by molar-refractivity contribution is -0.139.